The minimum absolute atomic E-state index is 0.239. The number of allylic oxidation sites excluding steroid dienone is 3. The molecule has 0 spiro atoms. The van der Waals surface area contributed by atoms with E-state index >= 15 is 0 Å². The second-order valence-corrected chi connectivity index (χ2v) is 2.53. The van der Waals surface area contributed by atoms with Gasteiger partial charge in [0.15, 0.2) is 0 Å². The molecule has 0 aromatic heterocycles. The van der Waals surface area contributed by atoms with Crippen LogP contribution in [0.4, 0.5) is 0 Å². The SMILES string of the molecule is C=C/C=C\C(C)CCC(=O)O. The van der Waals surface area contributed by atoms with Crippen LogP contribution in [0.5, 0.6) is 0 Å². The number of carbonyl (C=O) groups is 1. The first kappa shape index (κ1) is 9.95. The van der Waals surface area contributed by atoms with Gasteiger partial charge in [0.25, 0.3) is 0 Å². The average Bonchev–Trinajstić information content (AvgIpc) is 1.97. The zero-order valence-electron chi connectivity index (χ0n) is 6.79. The van der Waals surface area contributed by atoms with Gasteiger partial charge in [-0.25, -0.2) is 0 Å². The highest BCUT2D eigenvalue weighted by Gasteiger charge is 2.00. The average molecular weight is 154 g/mol. The Bertz CT molecular complexity index is 159. The van der Waals surface area contributed by atoms with Gasteiger partial charge in [-0.2, -0.15) is 0 Å². The van der Waals surface area contributed by atoms with Crippen LogP contribution in [-0.4, -0.2) is 11.1 Å². The number of carboxylic acid groups (broad SMARTS) is 1. The summed E-state index contributed by atoms with van der Waals surface area (Å²) in [6.07, 6.45) is 6.42. The molecule has 0 saturated carbocycles. The smallest absolute Gasteiger partial charge is 0.303 e. The van der Waals surface area contributed by atoms with Crippen molar-refractivity contribution in [2.45, 2.75) is 19.8 Å². The van der Waals surface area contributed by atoms with Gasteiger partial charge in [0.05, 0.1) is 0 Å². The van der Waals surface area contributed by atoms with Crippen LogP contribution in [0.25, 0.3) is 0 Å². The fourth-order valence-electron chi connectivity index (χ4n) is 0.716. The van der Waals surface area contributed by atoms with Gasteiger partial charge in [-0.1, -0.05) is 31.7 Å². The molecular formula is C9H14O2. The number of carboxylic acids is 1. The van der Waals surface area contributed by atoms with E-state index in [9.17, 15) is 4.79 Å². The molecule has 1 N–H and O–H groups in total. The number of hydrogen-bond acceptors (Lipinski definition) is 1. The summed E-state index contributed by atoms with van der Waals surface area (Å²) in [4.78, 5) is 10.1. The van der Waals surface area contributed by atoms with E-state index in [4.69, 9.17) is 5.11 Å². The lowest BCUT2D eigenvalue weighted by Crippen LogP contribution is -1.98. The third-order valence-electron chi connectivity index (χ3n) is 1.39. The Kier molecular flexibility index (Phi) is 5.17. The van der Waals surface area contributed by atoms with E-state index in [2.05, 4.69) is 6.58 Å². The lowest BCUT2D eigenvalue weighted by Gasteiger charge is -2.01. The highest BCUT2D eigenvalue weighted by Crippen LogP contribution is 2.06. The molecule has 0 radical (unpaired) electrons. The first-order valence-electron chi connectivity index (χ1n) is 3.68. The Morgan fingerprint density at radius 2 is 2.36 bits per heavy atom. The molecule has 1 atom stereocenters. The molecule has 0 fully saturated rings. The summed E-state index contributed by atoms with van der Waals surface area (Å²) in [7, 11) is 0. The molecule has 62 valence electrons. The van der Waals surface area contributed by atoms with Crippen molar-refractivity contribution >= 4 is 5.97 Å². The van der Waals surface area contributed by atoms with Crippen LogP contribution in [0, 0.1) is 5.92 Å². The molecule has 0 aliphatic heterocycles. The molecule has 0 amide bonds. The number of hydrogen-bond donors (Lipinski definition) is 1. The minimum atomic E-state index is -0.733. The molecule has 0 aromatic carbocycles. The lowest BCUT2D eigenvalue weighted by atomic mass is 10.1. The summed E-state index contributed by atoms with van der Waals surface area (Å²) in [6.45, 7) is 5.51. The Balaban J connectivity index is 3.51. The van der Waals surface area contributed by atoms with Gasteiger partial charge in [-0.3, -0.25) is 4.79 Å². The number of aliphatic carboxylic acids is 1. The Hall–Kier alpha value is -1.05. The van der Waals surface area contributed by atoms with Gasteiger partial charge < -0.3 is 5.11 Å². The van der Waals surface area contributed by atoms with E-state index in [0.29, 0.717) is 12.3 Å². The molecule has 0 saturated heterocycles. The largest absolute Gasteiger partial charge is 0.481 e. The molecule has 0 aliphatic rings. The van der Waals surface area contributed by atoms with Crippen molar-refractivity contribution in [2.24, 2.45) is 5.92 Å². The van der Waals surface area contributed by atoms with E-state index < -0.39 is 5.97 Å². The van der Waals surface area contributed by atoms with Gasteiger partial charge in [0.2, 0.25) is 0 Å². The molecule has 11 heavy (non-hydrogen) atoms. The molecule has 2 nitrogen and oxygen atoms in total. The van der Waals surface area contributed by atoms with Crippen LogP contribution >= 0.6 is 0 Å². The van der Waals surface area contributed by atoms with E-state index in [0.717, 1.165) is 0 Å². The minimum Gasteiger partial charge on any atom is -0.481 e. The van der Waals surface area contributed by atoms with Crippen molar-refractivity contribution in [2.75, 3.05) is 0 Å². The summed E-state index contributed by atoms with van der Waals surface area (Å²) in [5.74, 6) is -0.409. The van der Waals surface area contributed by atoms with Crippen LogP contribution < -0.4 is 0 Å². The van der Waals surface area contributed by atoms with Crippen LogP contribution in [0.2, 0.25) is 0 Å². The van der Waals surface area contributed by atoms with Gasteiger partial charge >= 0.3 is 5.97 Å². The van der Waals surface area contributed by atoms with Gasteiger partial charge in [-0.15, -0.1) is 0 Å². The Morgan fingerprint density at radius 1 is 1.73 bits per heavy atom. The molecule has 0 aliphatic carbocycles. The maximum Gasteiger partial charge on any atom is 0.303 e. The van der Waals surface area contributed by atoms with Crippen LogP contribution in [-0.2, 0) is 4.79 Å². The van der Waals surface area contributed by atoms with Crippen LogP contribution in [0.15, 0.2) is 24.8 Å². The lowest BCUT2D eigenvalue weighted by molar-refractivity contribution is -0.137. The monoisotopic (exact) mass is 154 g/mol. The highest BCUT2D eigenvalue weighted by atomic mass is 16.4. The Morgan fingerprint density at radius 3 is 2.82 bits per heavy atom. The van der Waals surface area contributed by atoms with E-state index in [1.165, 1.54) is 0 Å². The predicted molar refractivity (Wildman–Crippen MR) is 45.4 cm³/mol. The van der Waals surface area contributed by atoms with Crippen molar-refractivity contribution in [1.82, 2.24) is 0 Å². The van der Waals surface area contributed by atoms with Gasteiger partial charge in [-0.05, 0) is 12.3 Å². The molecule has 0 rings (SSSR count). The third-order valence-corrected chi connectivity index (χ3v) is 1.39. The van der Waals surface area contributed by atoms with Crippen molar-refractivity contribution < 1.29 is 9.90 Å². The molecule has 0 bridgehead atoms. The maximum atomic E-state index is 10.1. The molecule has 0 heterocycles. The van der Waals surface area contributed by atoms with E-state index in [-0.39, 0.29) is 6.42 Å². The third kappa shape index (κ3) is 6.84. The van der Waals surface area contributed by atoms with Crippen molar-refractivity contribution in [3.05, 3.63) is 24.8 Å². The summed E-state index contributed by atoms with van der Waals surface area (Å²) in [5, 5.41) is 8.34. The first-order valence-corrected chi connectivity index (χ1v) is 3.68. The van der Waals surface area contributed by atoms with E-state index in [1.807, 2.05) is 19.1 Å². The van der Waals surface area contributed by atoms with Crippen molar-refractivity contribution in [3.8, 4) is 0 Å². The predicted octanol–water partition coefficient (Wildman–Crippen LogP) is 2.23. The highest BCUT2D eigenvalue weighted by molar-refractivity contribution is 5.66. The van der Waals surface area contributed by atoms with Crippen molar-refractivity contribution in [1.29, 1.82) is 0 Å². The molecular weight excluding hydrogens is 140 g/mol. The summed E-state index contributed by atoms with van der Waals surface area (Å²) < 4.78 is 0. The zero-order chi connectivity index (χ0) is 8.69. The number of rotatable bonds is 5. The zero-order valence-corrected chi connectivity index (χ0v) is 6.79. The van der Waals surface area contributed by atoms with Gasteiger partial charge in [0.1, 0.15) is 0 Å². The maximum absolute atomic E-state index is 10.1. The quantitative estimate of drug-likeness (QED) is 0.616. The topological polar surface area (TPSA) is 37.3 Å². The van der Waals surface area contributed by atoms with E-state index in [1.54, 1.807) is 6.08 Å². The molecule has 0 aromatic rings. The fourth-order valence-corrected chi connectivity index (χ4v) is 0.716. The van der Waals surface area contributed by atoms with Crippen LogP contribution in [0.3, 0.4) is 0 Å². The standard InChI is InChI=1S/C9H14O2/c1-3-4-5-8(2)6-7-9(10)11/h3-5,8H,1,6-7H2,2H3,(H,10,11)/b5-4-. The second-order valence-electron chi connectivity index (χ2n) is 2.53. The normalized spacial score (nSPS) is 13.2. The summed E-state index contributed by atoms with van der Waals surface area (Å²) in [6, 6.07) is 0. The van der Waals surface area contributed by atoms with Gasteiger partial charge in [0, 0.05) is 6.42 Å². The molecule has 2 heteroatoms. The Labute approximate surface area is 67.2 Å². The summed E-state index contributed by atoms with van der Waals surface area (Å²) >= 11 is 0. The fraction of sp³-hybridized carbons (Fsp3) is 0.444. The second kappa shape index (κ2) is 5.71. The summed E-state index contributed by atoms with van der Waals surface area (Å²) in [5.41, 5.74) is 0. The van der Waals surface area contributed by atoms with Crippen LogP contribution in [0.1, 0.15) is 19.8 Å². The first-order chi connectivity index (χ1) is 5.16. The molecule has 1 unspecified atom stereocenters. The van der Waals surface area contributed by atoms with Crippen molar-refractivity contribution in [3.63, 3.8) is 0 Å².